The molecule has 0 heterocycles. The van der Waals surface area contributed by atoms with Crippen molar-refractivity contribution in [2.24, 2.45) is 46.8 Å². The third-order valence-electron chi connectivity index (χ3n) is 9.20. The maximum Gasteiger partial charge on any atom is 0.161 e. The molecule has 0 amide bonds. The molecular weight excluding hydrogens is 312 g/mol. The third-order valence-corrected chi connectivity index (χ3v) is 9.20. The summed E-state index contributed by atoms with van der Waals surface area (Å²) in [5.41, 5.74) is -0.342. The van der Waals surface area contributed by atoms with Crippen LogP contribution in [0.2, 0.25) is 0 Å². The van der Waals surface area contributed by atoms with E-state index in [-0.39, 0.29) is 23.7 Å². The van der Waals surface area contributed by atoms with Gasteiger partial charge < -0.3 is 10.2 Å². The lowest BCUT2D eigenvalue weighted by Crippen LogP contribution is -2.53. The van der Waals surface area contributed by atoms with Crippen molar-refractivity contribution in [3.8, 4) is 0 Å². The zero-order valence-corrected chi connectivity index (χ0v) is 16.2. The Kier molecular flexibility index (Phi) is 4.35. The summed E-state index contributed by atoms with van der Waals surface area (Å²) in [7, 11) is 0. The molecule has 4 aliphatic carbocycles. The molecule has 142 valence electrons. The van der Waals surface area contributed by atoms with Gasteiger partial charge in [-0.05, 0) is 99.2 Å². The highest BCUT2D eigenvalue weighted by Gasteiger charge is 2.59. The maximum atomic E-state index is 12.3. The fourth-order valence-electron chi connectivity index (χ4n) is 8.04. The largest absolute Gasteiger partial charge is 0.390 e. The topological polar surface area (TPSA) is 57.5 Å². The van der Waals surface area contributed by atoms with Crippen molar-refractivity contribution in [1.29, 1.82) is 0 Å². The van der Waals surface area contributed by atoms with Gasteiger partial charge in [0.1, 0.15) is 6.61 Å². The predicted octanol–water partition coefficient (Wildman–Crippen LogP) is 3.81. The molecule has 25 heavy (non-hydrogen) atoms. The Morgan fingerprint density at radius 2 is 1.68 bits per heavy atom. The van der Waals surface area contributed by atoms with Crippen LogP contribution in [0.5, 0.6) is 0 Å². The second-order valence-corrected chi connectivity index (χ2v) is 10.5. The second-order valence-electron chi connectivity index (χ2n) is 10.5. The number of ketones is 1. The fourth-order valence-corrected chi connectivity index (χ4v) is 8.04. The Bertz CT molecular complexity index is 541. The summed E-state index contributed by atoms with van der Waals surface area (Å²) in [5.74, 6) is 4.55. The molecule has 4 fully saturated rings. The molecule has 4 saturated carbocycles. The number of carbonyl (C=O) groups excluding carboxylic acids is 1. The number of aliphatic hydroxyl groups excluding tert-OH is 1. The third kappa shape index (κ3) is 2.72. The summed E-state index contributed by atoms with van der Waals surface area (Å²) in [6, 6.07) is 0. The van der Waals surface area contributed by atoms with Crippen LogP contribution in [0.1, 0.15) is 72.1 Å². The minimum absolute atomic E-state index is 0.0823. The predicted molar refractivity (Wildman–Crippen MR) is 97.9 cm³/mol. The first-order valence-corrected chi connectivity index (χ1v) is 10.6. The van der Waals surface area contributed by atoms with Crippen LogP contribution in [0, 0.1) is 46.8 Å². The Morgan fingerprint density at radius 3 is 2.40 bits per heavy atom. The number of hydrogen-bond acceptors (Lipinski definition) is 3. The minimum Gasteiger partial charge on any atom is -0.390 e. The first kappa shape index (κ1) is 18.0. The van der Waals surface area contributed by atoms with Crippen LogP contribution in [0.15, 0.2) is 0 Å². The molecule has 0 aromatic carbocycles. The molecule has 4 aliphatic rings. The average Bonchev–Trinajstić information content (AvgIpc) is 2.91. The van der Waals surface area contributed by atoms with Gasteiger partial charge in [-0.3, -0.25) is 4.79 Å². The summed E-state index contributed by atoms with van der Waals surface area (Å²) in [4.78, 5) is 12.3. The number of rotatable bonds is 2. The van der Waals surface area contributed by atoms with Crippen molar-refractivity contribution in [3.63, 3.8) is 0 Å². The molecule has 0 bridgehead atoms. The molecular formula is C22H36O3. The van der Waals surface area contributed by atoms with Gasteiger partial charge >= 0.3 is 0 Å². The van der Waals surface area contributed by atoms with E-state index in [2.05, 4.69) is 13.8 Å². The molecule has 0 aliphatic heterocycles. The van der Waals surface area contributed by atoms with Gasteiger partial charge in [-0.25, -0.2) is 0 Å². The molecule has 0 radical (unpaired) electrons. The van der Waals surface area contributed by atoms with Gasteiger partial charge in [0.25, 0.3) is 0 Å². The van der Waals surface area contributed by atoms with Crippen molar-refractivity contribution >= 4 is 5.78 Å². The highest BCUT2D eigenvalue weighted by atomic mass is 16.3. The number of carbonyl (C=O) groups is 1. The molecule has 0 saturated heterocycles. The molecule has 0 spiro atoms. The van der Waals surface area contributed by atoms with E-state index in [1.165, 1.54) is 25.7 Å². The lowest BCUT2D eigenvalue weighted by Gasteiger charge is -2.58. The van der Waals surface area contributed by atoms with Gasteiger partial charge in [-0.1, -0.05) is 13.8 Å². The molecule has 3 heteroatoms. The highest BCUT2D eigenvalue weighted by molar-refractivity contribution is 5.83. The van der Waals surface area contributed by atoms with Gasteiger partial charge in [0, 0.05) is 5.92 Å². The molecule has 0 unspecified atom stereocenters. The Hall–Kier alpha value is -0.410. The van der Waals surface area contributed by atoms with Gasteiger partial charge in [-0.15, -0.1) is 0 Å². The van der Waals surface area contributed by atoms with E-state index < -0.39 is 5.60 Å². The fraction of sp³-hybridized carbons (Fsp3) is 0.955. The van der Waals surface area contributed by atoms with E-state index in [1.807, 2.05) is 6.92 Å². The van der Waals surface area contributed by atoms with Crippen molar-refractivity contribution in [2.45, 2.75) is 77.7 Å². The second kappa shape index (κ2) is 6.05. The molecule has 4 rings (SSSR count). The van der Waals surface area contributed by atoms with E-state index in [0.717, 1.165) is 43.4 Å². The Labute approximate surface area is 152 Å². The molecule has 9 atom stereocenters. The van der Waals surface area contributed by atoms with Crippen molar-refractivity contribution in [3.05, 3.63) is 0 Å². The number of Topliss-reactive ketones (excluding diaryl/α,β-unsaturated/α-hetero) is 1. The number of aliphatic hydroxyl groups is 2. The molecule has 3 nitrogen and oxygen atoms in total. The van der Waals surface area contributed by atoms with E-state index in [0.29, 0.717) is 17.8 Å². The number of fused-ring (bicyclic) bond motifs is 5. The first-order chi connectivity index (χ1) is 11.8. The SMILES string of the molecule is C[C@@H]1C[C@@H]2[C@H](CC[C@]3(C)[C@@H](C(=O)CO)CC[C@@H]23)[C@H]2CC[C@@](C)(O)C[C@H]21. The number of hydrogen-bond donors (Lipinski definition) is 2. The zero-order chi connectivity index (χ0) is 18.0. The van der Waals surface area contributed by atoms with Gasteiger partial charge in [0.2, 0.25) is 0 Å². The van der Waals surface area contributed by atoms with Gasteiger partial charge in [-0.2, -0.15) is 0 Å². The van der Waals surface area contributed by atoms with Crippen molar-refractivity contribution in [1.82, 2.24) is 0 Å². The Morgan fingerprint density at radius 1 is 1.00 bits per heavy atom. The van der Waals surface area contributed by atoms with E-state index in [4.69, 9.17) is 0 Å². The average molecular weight is 349 g/mol. The van der Waals surface area contributed by atoms with Crippen molar-refractivity contribution < 1.29 is 15.0 Å². The molecule has 0 aromatic heterocycles. The standard InChI is InChI=1S/C22H36O3/c1-13-10-16-14(15-6-8-21(2,25)11-17(13)15)7-9-22(3)18(16)4-5-19(22)20(24)12-23/h13-19,23,25H,4-12H2,1-3H3/t13-,14-,15-,16-,17+,18+,19-,21-,22+/m1/s1. The Balaban J connectivity index is 1.58. The van der Waals surface area contributed by atoms with Crippen LogP contribution in [0.4, 0.5) is 0 Å². The lowest BCUT2D eigenvalue weighted by molar-refractivity contribution is -0.138. The summed E-state index contributed by atoms with van der Waals surface area (Å²) < 4.78 is 0. The van der Waals surface area contributed by atoms with Crippen LogP contribution in [0.25, 0.3) is 0 Å². The van der Waals surface area contributed by atoms with Gasteiger partial charge in [0.05, 0.1) is 5.60 Å². The highest BCUT2D eigenvalue weighted by Crippen LogP contribution is 2.65. The van der Waals surface area contributed by atoms with Crippen LogP contribution in [0.3, 0.4) is 0 Å². The van der Waals surface area contributed by atoms with Crippen LogP contribution in [-0.2, 0) is 4.79 Å². The molecule has 0 aromatic rings. The van der Waals surface area contributed by atoms with Crippen molar-refractivity contribution in [2.75, 3.05) is 6.61 Å². The van der Waals surface area contributed by atoms with Gasteiger partial charge in [0.15, 0.2) is 5.78 Å². The smallest absolute Gasteiger partial charge is 0.161 e. The quantitative estimate of drug-likeness (QED) is 0.798. The monoisotopic (exact) mass is 348 g/mol. The van der Waals surface area contributed by atoms with E-state index in [1.54, 1.807) is 0 Å². The van der Waals surface area contributed by atoms with E-state index >= 15 is 0 Å². The summed E-state index contributed by atoms with van der Waals surface area (Å²) in [6.07, 6.45) is 8.98. The minimum atomic E-state index is -0.461. The summed E-state index contributed by atoms with van der Waals surface area (Å²) in [5, 5.41) is 20.0. The summed E-state index contributed by atoms with van der Waals surface area (Å²) in [6.45, 7) is 6.51. The summed E-state index contributed by atoms with van der Waals surface area (Å²) >= 11 is 0. The van der Waals surface area contributed by atoms with Crippen LogP contribution < -0.4 is 0 Å². The van der Waals surface area contributed by atoms with Crippen LogP contribution in [-0.4, -0.2) is 28.2 Å². The lowest BCUT2D eigenvalue weighted by atomic mass is 9.47. The van der Waals surface area contributed by atoms with Crippen LogP contribution >= 0.6 is 0 Å². The van der Waals surface area contributed by atoms with E-state index in [9.17, 15) is 15.0 Å². The first-order valence-electron chi connectivity index (χ1n) is 10.6. The normalized spacial score (nSPS) is 55.2. The zero-order valence-electron chi connectivity index (χ0n) is 16.2. The maximum absolute atomic E-state index is 12.3. The molecule has 2 N–H and O–H groups in total.